The summed E-state index contributed by atoms with van der Waals surface area (Å²) in [4.78, 5) is 36.2. The minimum Gasteiger partial charge on any atom is -0.481 e. The Balaban J connectivity index is 1.79. The molecule has 3 rings (SSSR count). The first-order chi connectivity index (χ1) is 15.4. The molecular weight excluding hydrogens is 406 g/mol. The number of hydrogen-bond acceptors (Lipinski definition) is 3. The normalized spacial score (nSPS) is 12.5. The largest absolute Gasteiger partial charge is 0.481 e. The number of carboxylic acids is 2. The predicted octanol–water partition coefficient (Wildman–Crippen LogP) is 4.52. The van der Waals surface area contributed by atoms with Crippen LogP contribution in [0.1, 0.15) is 27.9 Å². The van der Waals surface area contributed by atoms with Gasteiger partial charge in [-0.25, -0.2) is 4.79 Å². The van der Waals surface area contributed by atoms with Crippen molar-refractivity contribution in [3.05, 3.63) is 102 Å². The van der Waals surface area contributed by atoms with Crippen LogP contribution in [0.5, 0.6) is 0 Å². The topological polar surface area (TPSA) is 104 Å². The molecule has 0 heterocycles. The Labute approximate surface area is 186 Å². The van der Waals surface area contributed by atoms with Crippen LogP contribution < -0.4 is 5.32 Å². The summed E-state index contributed by atoms with van der Waals surface area (Å²) in [6.07, 6.45) is 0.915. The number of aliphatic carboxylic acids is 1. The van der Waals surface area contributed by atoms with E-state index in [1.807, 2.05) is 60.7 Å². The van der Waals surface area contributed by atoms with E-state index in [4.69, 9.17) is 5.11 Å². The average Bonchev–Trinajstić information content (AvgIpc) is 2.79. The molecule has 32 heavy (non-hydrogen) atoms. The Morgan fingerprint density at radius 3 is 1.66 bits per heavy atom. The van der Waals surface area contributed by atoms with E-state index < -0.39 is 23.8 Å². The quantitative estimate of drug-likeness (QED) is 0.438. The van der Waals surface area contributed by atoms with Gasteiger partial charge in [0, 0.05) is 11.6 Å². The monoisotopic (exact) mass is 431 g/mol. The van der Waals surface area contributed by atoms with E-state index in [0.717, 1.165) is 11.1 Å². The molecule has 0 saturated heterocycles. The number of carbonyl (C=O) groups is 3. The first-order valence-electron chi connectivity index (χ1n) is 10.4. The van der Waals surface area contributed by atoms with Crippen molar-refractivity contribution in [1.82, 2.24) is 0 Å². The third kappa shape index (κ3) is 6.54. The van der Waals surface area contributed by atoms with Gasteiger partial charge in [-0.15, -0.1) is 0 Å². The van der Waals surface area contributed by atoms with E-state index in [0.29, 0.717) is 18.5 Å². The lowest BCUT2D eigenvalue weighted by molar-refractivity contribution is -0.142. The van der Waals surface area contributed by atoms with E-state index in [9.17, 15) is 19.5 Å². The first kappa shape index (κ1) is 22.7. The molecule has 0 spiro atoms. The molecule has 0 aromatic heterocycles. The summed E-state index contributed by atoms with van der Waals surface area (Å²) in [6.45, 7) is 0. The summed E-state index contributed by atoms with van der Waals surface area (Å²) >= 11 is 0. The molecular formula is C26H25NO5. The summed E-state index contributed by atoms with van der Waals surface area (Å²) in [6, 6.07) is 24.7. The molecule has 1 amide bonds. The lowest BCUT2D eigenvalue weighted by Gasteiger charge is -2.21. The summed E-state index contributed by atoms with van der Waals surface area (Å²) in [5, 5.41) is 21.7. The van der Waals surface area contributed by atoms with Gasteiger partial charge in [0.1, 0.15) is 0 Å². The number of carbonyl (C=O) groups excluding carboxylic acids is 1. The smallest absolute Gasteiger partial charge is 0.335 e. The van der Waals surface area contributed by atoms with Crippen molar-refractivity contribution < 1.29 is 24.6 Å². The van der Waals surface area contributed by atoms with E-state index in [-0.39, 0.29) is 17.9 Å². The molecule has 3 aromatic carbocycles. The Morgan fingerprint density at radius 1 is 0.688 bits per heavy atom. The second kappa shape index (κ2) is 10.9. The first-order valence-corrected chi connectivity index (χ1v) is 10.4. The summed E-state index contributed by atoms with van der Waals surface area (Å²) < 4.78 is 0. The number of nitrogens with one attached hydrogen (secondary N) is 1. The van der Waals surface area contributed by atoms with Gasteiger partial charge < -0.3 is 15.5 Å². The van der Waals surface area contributed by atoms with Gasteiger partial charge in [0.2, 0.25) is 5.91 Å². The van der Waals surface area contributed by atoms with Crippen LogP contribution in [0, 0.1) is 11.8 Å². The van der Waals surface area contributed by atoms with Crippen LogP contribution in [-0.2, 0) is 22.4 Å². The lowest BCUT2D eigenvalue weighted by Crippen LogP contribution is -2.30. The minimum atomic E-state index is -1.05. The molecule has 0 unspecified atom stereocenters. The summed E-state index contributed by atoms with van der Waals surface area (Å²) in [5.41, 5.74) is 2.44. The Morgan fingerprint density at radius 2 is 1.19 bits per heavy atom. The molecule has 6 heteroatoms. The van der Waals surface area contributed by atoms with Gasteiger partial charge in [0.15, 0.2) is 0 Å². The molecule has 3 aromatic rings. The third-order valence-corrected chi connectivity index (χ3v) is 5.34. The molecule has 0 saturated carbocycles. The molecule has 0 aliphatic rings. The fraction of sp³-hybridized carbons (Fsp3) is 0.192. The highest BCUT2D eigenvalue weighted by Gasteiger charge is 2.28. The van der Waals surface area contributed by atoms with Crippen LogP contribution in [0.3, 0.4) is 0 Å². The van der Waals surface area contributed by atoms with Crippen molar-refractivity contribution in [2.45, 2.75) is 19.3 Å². The third-order valence-electron chi connectivity index (χ3n) is 5.34. The molecule has 0 aliphatic heterocycles. The number of aromatic carboxylic acids is 1. The Bertz CT molecular complexity index is 1050. The number of rotatable bonds is 10. The van der Waals surface area contributed by atoms with Crippen molar-refractivity contribution in [3.8, 4) is 0 Å². The average molecular weight is 431 g/mol. The number of benzene rings is 3. The van der Waals surface area contributed by atoms with E-state index in [2.05, 4.69) is 5.32 Å². The molecule has 0 aliphatic carbocycles. The van der Waals surface area contributed by atoms with Crippen molar-refractivity contribution in [1.29, 1.82) is 0 Å². The highest BCUT2D eigenvalue weighted by atomic mass is 16.4. The molecule has 0 fully saturated rings. The zero-order valence-corrected chi connectivity index (χ0v) is 17.5. The van der Waals surface area contributed by atoms with Gasteiger partial charge in [0.05, 0.1) is 11.5 Å². The predicted molar refractivity (Wildman–Crippen MR) is 122 cm³/mol. The molecule has 0 radical (unpaired) electrons. The van der Waals surface area contributed by atoms with E-state index in [1.54, 1.807) is 0 Å². The van der Waals surface area contributed by atoms with Crippen LogP contribution in [-0.4, -0.2) is 28.1 Å². The van der Waals surface area contributed by atoms with Gasteiger partial charge in [-0.3, -0.25) is 9.59 Å². The van der Waals surface area contributed by atoms with Gasteiger partial charge >= 0.3 is 11.9 Å². The molecule has 2 atom stereocenters. The SMILES string of the molecule is O=C(O)c1ccc(NC(=O)[C@@H](Cc2ccccc2)C[C@H](Cc2ccccc2)C(=O)O)cc1. The lowest BCUT2D eigenvalue weighted by atomic mass is 9.85. The maximum Gasteiger partial charge on any atom is 0.335 e. The maximum atomic E-state index is 13.1. The maximum absolute atomic E-state index is 13.1. The van der Waals surface area contributed by atoms with Crippen LogP contribution in [0.4, 0.5) is 5.69 Å². The minimum absolute atomic E-state index is 0.123. The highest BCUT2D eigenvalue weighted by molar-refractivity contribution is 5.94. The molecule has 3 N–H and O–H groups in total. The van der Waals surface area contributed by atoms with Crippen molar-refractivity contribution in [2.75, 3.05) is 5.32 Å². The van der Waals surface area contributed by atoms with Crippen molar-refractivity contribution >= 4 is 23.5 Å². The van der Waals surface area contributed by atoms with E-state index in [1.165, 1.54) is 24.3 Å². The Hall–Kier alpha value is -3.93. The molecule has 164 valence electrons. The van der Waals surface area contributed by atoms with Crippen LogP contribution in [0.25, 0.3) is 0 Å². The van der Waals surface area contributed by atoms with Gasteiger partial charge in [0.25, 0.3) is 0 Å². The summed E-state index contributed by atoms with van der Waals surface area (Å²) in [7, 11) is 0. The fourth-order valence-electron chi connectivity index (χ4n) is 3.64. The van der Waals surface area contributed by atoms with Crippen LogP contribution in [0.15, 0.2) is 84.9 Å². The Kier molecular flexibility index (Phi) is 7.75. The number of carboxylic acid groups (broad SMARTS) is 2. The van der Waals surface area contributed by atoms with Gasteiger partial charge in [-0.1, -0.05) is 60.7 Å². The zero-order chi connectivity index (χ0) is 22.9. The van der Waals surface area contributed by atoms with Gasteiger partial charge in [-0.05, 0) is 54.7 Å². The van der Waals surface area contributed by atoms with Gasteiger partial charge in [-0.2, -0.15) is 0 Å². The number of hydrogen-bond donors (Lipinski definition) is 3. The highest BCUT2D eigenvalue weighted by Crippen LogP contribution is 2.23. The molecule has 6 nitrogen and oxygen atoms in total. The second-order valence-corrected chi connectivity index (χ2v) is 7.72. The fourth-order valence-corrected chi connectivity index (χ4v) is 3.64. The van der Waals surface area contributed by atoms with Crippen molar-refractivity contribution in [3.63, 3.8) is 0 Å². The molecule has 0 bridgehead atoms. The van der Waals surface area contributed by atoms with Crippen LogP contribution in [0.2, 0.25) is 0 Å². The number of amides is 1. The van der Waals surface area contributed by atoms with Crippen molar-refractivity contribution in [2.24, 2.45) is 11.8 Å². The second-order valence-electron chi connectivity index (χ2n) is 7.72. The van der Waals surface area contributed by atoms with Crippen LogP contribution >= 0.6 is 0 Å². The number of anilines is 1. The van der Waals surface area contributed by atoms with E-state index >= 15 is 0 Å². The zero-order valence-electron chi connectivity index (χ0n) is 17.5. The summed E-state index contributed by atoms with van der Waals surface area (Å²) in [5.74, 6) is -3.57. The standard InChI is InChI=1S/C26H25NO5/c28-24(27-23-13-11-20(12-14-23)25(29)30)21(15-18-7-3-1-4-8-18)17-22(26(31)32)16-19-9-5-2-6-10-19/h1-14,21-22H,15-17H2,(H,27,28)(H,29,30)(H,31,32)/t21-,22-/m0/s1.